The van der Waals surface area contributed by atoms with E-state index in [-0.39, 0.29) is 16.2 Å². The molecule has 4 aromatic rings. The van der Waals surface area contributed by atoms with Crippen LogP contribution >= 0.6 is 11.6 Å². The summed E-state index contributed by atoms with van der Waals surface area (Å²) in [7, 11) is -3.38. The Morgan fingerprint density at radius 2 is 1.77 bits per heavy atom. The van der Waals surface area contributed by atoms with Crippen LogP contribution < -0.4 is 4.74 Å². The second-order valence-electron chi connectivity index (χ2n) is 6.90. The first kappa shape index (κ1) is 21.2. The fraction of sp³-hybridized carbons (Fsp3) is 0.130. The molecule has 0 aliphatic heterocycles. The Hall–Kier alpha value is -3.03. The number of ether oxygens (including phenoxy) is 1. The number of hydrogen-bond donors (Lipinski definition) is 0. The minimum Gasteiger partial charge on any atom is -0.457 e. The number of sulfone groups is 1. The molecule has 0 spiro atoms. The second kappa shape index (κ2) is 8.61. The first-order valence-electron chi connectivity index (χ1n) is 9.59. The average molecular weight is 457 g/mol. The van der Waals surface area contributed by atoms with Gasteiger partial charge in [0, 0.05) is 10.9 Å². The molecule has 0 atom stereocenters. The minimum absolute atomic E-state index is 0.0560. The van der Waals surface area contributed by atoms with Gasteiger partial charge in [0.1, 0.15) is 23.6 Å². The molecular weight excluding hydrogens is 439 g/mol. The number of rotatable bonds is 6. The normalized spacial score (nSPS) is 11.6. The maximum atomic E-state index is 14.7. The van der Waals surface area contributed by atoms with Crippen LogP contribution in [0, 0.1) is 5.82 Å². The third-order valence-corrected chi connectivity index (χ3v) is 6.90. The van der Waals surface area contributed by atoms with Crippen LogP contribution in [-0.2, 0) is 9.84 Å². The average Bonchev–Trinajstić information content (AvgIpc) is 2.75. The van der Waals surface area contributed by atoms with E-state index in [1.54, 1.807) is 30.3 Å². The monoisotopic (exact) mass is 456 g/mol. The summed E-state index contributed by atoms with van der Waals surface area (Å²) in [6.07, 6.45) is 1.85. The van der Waals surface area contributed by atoms with Crippen LogP contribution in [0.4, 0.5) is 4.39 Å². The van der Waals surface area contributed by atoms with Crippen molar-refractivity contribution in [3.05, 3.63) is 77.8 Å². The number of para-hydroxylation sites is 1. The zero-order valence-corrected chi connectivity index (χ0v) is 18.1. The number of nitrogens with zero attached hydrogens (tertiary/aromatic N) is 2. The molecule has 0 aliphatic rings. The molecule has 1 heterocycles. The van der Waals surface area contributed by atoms with Crippen LogP contribution in [0.1, 0.15) is 13.3 Å². The molecule has 0 saturated heterocycles. The fourth-order valence-corrected chi connectivity index (χ4v) is 4.85. The fourth-order valence-electron chi connectivity index (χ4n) is 3.27. The van der Waals surface area contributed by atoms with Crippen molar-refractivity contribution in [2.24, 2.45) is 0 Å². The summed E-state index contributed by atoms with van der Waals surface area (Å²) >= 11 is 6.21. The molecule has 0 amide bonds. The molecule has 31 heavy (non-hydrogen) atoms. The summed E-state index contributed by atoms with van der Waals surface area (Å²) in [5, 5.41) is 1.05. The maximum absolute atomic E-state index is 14.7. The van der Waals surface area contributed by atoms with Gasteiger partial charge in [-0.15, -0.1) is 0 Å². The number of aromatic nitrogens is 2. The van der Waals surface area contributed by atoms with Gasteiger partial charge in [-0.05, 0) is 48.9 Å². The van der Waals surface area contributed by atoms with Crippen molar-refractivity contribution in [2.75, 3.05) is 5.75 Å². The van der Waals surface area contributed by atoms with Crippen LogP contribution in [0.25, 0.3) is 22.2 Å². The molecule has 8 heteroatoms. The molecule has 0 radical (unpaired) electrons. The summed E-state index contributed by atoms with van der Waals surface area (Å²) in [4.78, 5) is 8.62. The van der Waals surface area contributed by atoms with E-state index in [0.717, 1.165) is 0 Å². The number of hydrogen-bond acceptors (Lipinski definition) is 5. The topological polar surface area (TPSA) is 69.2 Å². The van der Waals surface area contributed by atoms with E-state index in [4.69, 9.17) is 16.3 Å². The molecule has 0 fully saturated rings. The van der Waals surface area contributed by atoms with E-state index in [1.165, 1.54) is 36.7 Å². The number of benzene rings is 3. The van der Waals surface area contributed by atoms with Crippen molar-refractivity contribution < 1.29 is 17.5 Å². The van der Waals surface area contributed by atoms with Crippen LogP contribution in [0.3, 0.4) is 0 Å². The minimum atomic E-state index is -3.38. The Bertz CT molecular complexity index is 1380. The smallest absolute Gasteiger partial charge is 0.178 e. The van der Waals surface area contributed by atoms with Gasteiger partial charge in [0.15, 0.2) is 9.84 Å². The van der Waals surface area contributed by atoms with Crippen LogP contribution in [0.2, 0.25) is 5.02 Å². The standard InChI is InChI=1S/C23H18ClFN2O3S/c1-2-11-31(28,29)17-6-3-5-15(12-17)30-16-9-10-21(25)19(13-16)22-18-7-4-8-20(24)23(18)27-14-26-22/h3-10,12-14H,2,11H2,1H3. The van der Waals surface area contributed by atoms with E-state index >= 15 is 0 Å². The van der Waals surface area contributed by atoms with Crippen LogP contribution in [-0.4, -0.2) is 24.1 Å². The van der Waals surface area contributed by atoms with Crippen molar-refractivity contribution in [2.45, 2.75) is 18.2 Å². The molecular formula is C23H18ClFN2O3S. The van der Waals surface area contributed by atoms with Gasteiger partial charge >= 0.3 is 0 Å². The number of halogens is 2. The summed E-state index contributed by atoms with van der Waals surface area (Å²) in [5.41, 5.74) is 1.13. The molecule has 0 N–H and O–H groups in total. The van der Waals surface area contributed by atoms with Gasteiger partial charge in [-0.25, -0.2) is 22.8 Å². The first-order valence-corrected chi connectivity index (χ1v) is 11.6. The highest BCUT2D eigenvalue weighted by atomic mass is 35.5. The van der Waals surface area contributed by atoms with Gasteiger partial charge < -0.3 is 4.74 Å². The van der Waals surface area contributed by atoms with E-state index in [2.05, 4.69) is 9.97 Å². The zero-order chi connectivity index (χ0) is 22.0. The predicted octanol–water partition coefficient (Wildman–Crippen LogP) is 6.07. The first-order chi connectivity index (χ1) is 14.9. The third-order valence-electron chi connectivity index (χ3n) is 4.68. The summed E-state index contributed by atoms with van der Waals surface area (Å²) in [6.45, 7) is 1.81. The lowest BCUT2D eigenvalue weighted by molar-refractivity contribution is 0.479. The molecule has 158 valence electrons. The van der Waals surface area contributed by atoms with Gasteiger partial charge in [-0.2, -0.15) is 0 Å². The second-order valence-corrected chi connectivity index (χ2v) is 9.41. The molecule has 0 aliphatic carbocycles. The maximum Gasteiger partial charge on any atom is 0.178 e. The Morgan fingerprint density at radius 1 is 1.00 bits per heavy atom. The summed E-state index contributed by atoms with van der Waals surface area (Å²) < 4.78 is 45.2. The van der Waals surface area contributed by atoms with Crippen molar-refractivity contribution in [3.8, 4) is 22.8 Å². The molecule has 1 aromatic heterocycles. The highest BCUT2D eigenvalue weighted by Gasteiger charge is 2.16. The van der Waals surface area contributed by atoms with Crippen LogP contribution in [0.5, 0.6) is 11.5 Å². The lowest BCUT2D eigenvalue weighted by Gasteiger charge is -2.11. The molecule has 4 rings (SSSR count). The van der Waals surface area contributed by atoms with Crippen LogP contribution in [0.15, 0.2) is 71.9 Å². The Balaban J connectivity index is 1.73. The third kappa shape index (κ3) is 4.38. The SMILES string of the molecule is CCCS(=O)(=O)c1cccc(Oc2ccc(F)c(-c3ncnc4c(Cl)cccc34)c2)c1. The quantitative estimate of drug-likeness (QED) is 0.352. The van der Waals surface area contributed by atoms with E-state index in [0.29, 0.717) is 39.5 Å². The summed E-state index contributed by atoms with van der Waals surface area (Å²) in [6, 6.07) is 15.8. The van der Waals surface area contributed by atoms with Crippen molar-refractivity contribution in [1.82, 2.24) is 9.97 Å². The molecule has 0 saturated carbocycles. The van der Waals surface area contributed by atoms with E-state index < -0.39 is 15.7 Å². The number of fused-ring (bicyclic) bond motifs is 1. The lowest BCUT2D eigenvalue weighted by atomic mass is 10.1. The van der Waals surface area contributed by atoms with Crippen molar-refractivity contribution >= 4 is 32.3 Å². The predicted molar refractivity (Wildman–Crippen MR) is 119 cm³/mol. The van der Waals surface area contributed by atoms with Crippen molar-refractivity contribution in [3.63, 3.8) is 0 Å². The van der Waals surface area contributed by atoms with Gasteiger partial charge in [0.05, 0.1) is 26.9 Å². The van der Waals surface area contributed by atoms with Gasteiger partial charge in [-0.3, -0.25) is 0 Å². The van der Waals surface area contributed by atoms with Gasteiger partial charge in [0.2, 0.25) is 0 Å². The highest BCUT2D eigenvalue weighted by molar-refractivity contribution is 7.91. The summed E-state index contributed by atoms with van der Waals surface area (Å²) in [5.74, 6) is 0.257. The van der Waals surface area contributed by atoms with Crippen molar-refractivity contribution in [1.29, 1.82) is 0 Å². The largest absolute Gasteiger partial charge is 0.457 e. The zero-order valence-electron chi connectivity index (χ0n) is 16.5. The highest BCUT2D eigenvalue weighted by Crippen LogP contribution is 2.34. The molecule has 0 bridgehead atoms. The molecule has 3 aromatic carbocycles. The Morgan fingerprint density at radius 3 is 2.58 bits per heavy atom. The lowest BCUT2D eigenvalue weighted by Crippen LogP contribution is -2.05. The Kier molecular flexibility index (Phi) is 5.89. The molecule has 0 unspecified atom stereocenters. The van der Waals surface area contributed by atoms with E-state index in [9.17, 15) is 12.8 Å². The van der Waals surface area contributed by atoms with Gasteiger partial charge in [0.25, 0.3) is 0 Å². The van der Waals surface area contributed by atoms with Gasteiger partial charge in [-0.1, -0.05) is 36.7 Å². The Labute approximate surface area is 184 Å². The molecule has 5 nitrogen and oxygen atoms in total. The van der Waals surface area contributed by atoms with E-state index in [1.807, 2.05) is 6.92 Å².